The third-order valence-corrected chi connectivity index (χ3v) is 2.49. The largest absolute Gasteiger partial charge is 0.471 e. The molecule has 23 heavy (non-hydrogen) atoms. The molecule has 0 unspecified atom stereocenters. The molecule has 0 aliphatic rings. The first-order valence-corrected chi connectivity index (χ1v) is 5.99. The number of tetrazole rings is 1. The van der Waals surface area contributed by atoms with E-state index in [0.29, 0.717) is 5.69 Å². The zero-order valence-electron chi connectivity index (χ0n) is 11.2. The lowest BCUT2D eigenvalue weighted by molar-refractivity contribution is -0.167. The summed E-state index contributed by atoms with van der Waals surface area (Å²) in [7, 11) is 0. The van der Waals surface area contributed by atoms with Gasteiger partial charge in [0.2, 0.25) is 5.82 Å². The monoisotopic (exact) mass is 323 g/mol. The third-order valence-electron chi connectivity index (χ3n) is 2.49. The number of allylic oxidation sites excluding steroid dienone is 1. The molecule has 0 spiro atoms. The number of nitrogens with one attached hydrogen (secondary N) is 3. The summed E-state index contributed by atoms with van der Waals surface area (Å²) < 4.78 is 36.3. The number of halogens is 3. The van der Waals surface area contributed by atoms with E-state index >= 15 is 0 Å². The zero-order valence-corrected chi connectivity index (χ0v) is 11.2. The summed E-state index contributed by atoms with van der Waals surface area (Å²) in [6.07, 6.45) is -3.64. The first kappa shape index (κ1) is 16.0. The molecule has 0 atom stereocenters. The van der Waals surface area contributed by atoms with Gasteiger partial charge in [-0.3, -0.25) is 4.79 Å². The van der Waals surface area contributed by atoms with Gasteiger partial charge >= 0.3 is 12.1 Å². The van der Waals surface area contributed by atoms with E-state index in [0.717, 1.165) is 0 Å². The summed E-state index contributed by atoms with van der Waals surface area (Å²) in [6, 6.07) is 7.27. The second-order valence-corrected chi connectivity index (χ2v) is 4.08. The molecular weight excluding hydrogens is 315 g/mol. The van der Waals surface area contributed by atoms with Crippen LogP contribution in [0.4, 0.5) is 24.5 Å². The minimum Gasteiger partial charge on any atom is -0.360 e. The van der Waals surface area contributed by atoms with Crippen LogP contribution in [-0.2, 0) is 4.79 Å². The highest BCUT2D eigenvalue weighted by Gasteiger charge is 2.38. The van der Waals surface area contributed by atoms with Crippen LogP contribution in [0.1, 0.15) is 5.82 Å². The van der Waals surface area contributed by atoms with Crippen molar-refractivity contribution in [1.29, 1.82) is 5.26 Å². The van der Waals surface area contributed by atoms with Crippen LogP contribution in [0.5, 0.6) is 0 Å². The molecule has 0 radical (unpaired) electrons. The summed E-state index contributed by atoms with van der Waals surface area (Å²) >= 11 is 0. The van der Waals surface area contributed by atoms with Crippen LogP contribution in [0.3, 0.4) is 0 Å². The number of aromatic amines is 1. The Bertz CT molecular complexity index is 744. The van der Waals surface area contributed by atoms with Crippen molar-refractivity contribution in [3.05, 3.63) is 36.3 Å². The highest BCUT2D eigenvalue weighted by molar-refractivity contribution is 5.95. The predicted molar refractivity (Wildman–Crippen MR) is 72.5 cm³/mol. The predicted octanol–water partition coefficient (Wildman–Crippen LogP) is 1.68. The molecule has 118 valence electrons. The highest BCUT2D eigenvalue weighted by Crippen LogP contribution is 2.20. The summed E-state index contributed by atoms with van der Waals surface area (Å²) in [6.45, 7) is 0. The van der Waals surface area contributed by atoms with Crippen LogP contribution < -0.4 is 10.6 Å². The summed E-state index contributed by atoms with van der Waals surface area (Å²) in [5, 5.41) is 26.2. The Morgan fingerprint density at radius 3 is 2.43 bits per heavy atom. The van der Waals surface area contributed by atoms with Gasteiger partial charge in [-0.15, -0.1) is 10.2 Å². The van der Waals surface area contributed by atoms with Crippen molar-refractivity contribution >= 4 is 22.9 Å². The molecular formula is C12H8F3N7O. The van der Waals surface area contributed by atoms with E-state index in [9.17, 15) is 18.0 Å². The minimum absolute atomic E-state index is 0.0134. The average Bonchev–Trinajstić information content (AvgIpc) is 3.03. The van der Waals surface area contributed by atoms with Crippen molar-refractivity contribution in [2.75, 3.05) is 10.6 Å². The number of anilines is 2. The maximum Gasteiger partial charge on any atom is 0.471 e. The van der Waals surface area contributed by atoms with E-state index < -0.39 is 12.1 Å². The van der Waals surface area contributed by atoms with Gasteiger partial charge in [0.05, 0.1) is 0 Å². The molecule has 11 heteroatoms. The zero-order chi connectivity index (χ0) is 16.9. The molecule has 3 N–H and O–H groups in total. The van der Waals surface area contributed by atoms with Gasteiger partial charge in [-0.25, -0.2) is 0 Å². The van der Waals surface area contributed by atoms with E-state index in [1.807, 2.05) is 6.07 Å². The third kappa shape index (κ3) is 4.27. The number of hydrogen-bond donors (Lipinski definition) is 3. The van der Waals surface area contributed by atoms with Crippen LogP contribution in [0.25, 0.3) is 5.57 Å². The topological polar surface area (TPSA) is 119 Å². The van der Waals surface area contributed by atoms with E-state index in [-0.39, 0.29) is 17.1 Å². The fraction of sp³-hybridized carbons (Fsp3) is 0.0833. The number of amides is 1. The Kier molecular flexibility index (Phi) is 4.55. The lowest BCUT2D eigenvalue weighted by atomic mass is 10.2. The summed E-state index contributed by atoms with van der Waals surface area (Å²) in [5.74, 6) is -1.96. The van der Waals surface area contributed by atoms with Crippen LogP contribution in [-0.4, -0.2) is 32.7 Å². The Labute approximate surface area is 127 Å². The molecule has 0 fully saturated rings. The van der Waals surface area contributed by atoms with E-state index in [1.54, 1.807) is 5.32 Å². The number of nitriles is 1. The first-order valence-electron chi connectivity index (χ1n) is 5.99. The van der Waals surface area contributed by atoms with Crippen molar-refractivity contribution in [1.82, 2.24) is 20.6 Å². The van der Waals surface area contributed by atoms with Gasteiger partial charge in [0.1, 0.15) is 11.6 Å². The van der Waals surface area contributed by atoms with Gasteiger partial charge in [-0.1, -0.05) is 0 Å². The van der Waals surface area contributed by atoms with Crippen molar-refractivity contribution in [3.8, 4) is 6.07 Å². The average molecular weight is 323 g/mol. The number of carbonyl (C=O) groups excluding carboxylic acids is 1. The number of H-pyrrole nitrogens is 1. The number of rotatable bonds is 4. The van der Waals surface area contributed by atoms with Crippen LogP contribution in [0, 0.1) is 11.3 Å². The number of alkyl halides is 3. The second kappa shape index (κ2) is 6.56. The smallest absolute Gasteiger partial charge is 0.360 e. The SMILES string of the molecule is N#CC(=CNc1ccc(NC(=O)C(F)(F)F)cc1)c1nn[nH]n1. The minimum atomic E-state index is -4.95. The lowest BCUT2D eigenvalue weighted by Gasteiger charge is -2.08. The molecule has 2 aromatic rings. The fourth-order valence-electron chi connectivity index (χ4n) is 1.43. The van der Waals surface area contributed by atoms with Crippen molar-refractivity contribution in [2.45, 2.75) is 6.18 Å². The van der Waals surface area contributed by atoms with Gasteiger partial charge in [-0.2, -0.15) is 23.6 Å². The summed E-state index contributed by atoms with van der Waals surface area (Å²) in [5.41, 5.74) is 0.569. The number of carbonyl (C=O) groups is 1. The number of benzene rings is 1. The van der Waals surface area contributed by atoms with Gasteiger partial charge in [0, 0.05) is 17.6 Å². The molecule has 0 aliphatic carbocycles. The van der Waals surface area contributed by atoms with Gasteiger partial charge < -0.3 is 10.6 Å². The molecule has 0 saturated heterocycles. The maximum absolute atomic E-state index is 12.1. The molecule has 0 aliphatic heterocycles. The molecule has 2 rings (SSSR count). The number of nitrogens with zero attached hydrogens (tertiary/aromatic N) is 4. The molecule has 0 saturated carbocycles. The molecule has 1 amide bonds. The van der Waals surface area contributed by atoms with Gasteiger partial charge in [0.15, 0.2) is 0 Å². The Morgan fingerprint density at radius 2 is 1.91 bits per heavy atom. The number of aromatic nitrogens is 4. The molecule has 1 aromatic heterocycles. The maximum atomic E-state index is 12.1. The van der Waals surface area contributed by atoms with Crippen molar-refractivity contribution < 1.29 is 18.0 Å². The Morgan fingerprint density at radius 1 is 1.26 bits per heavy atom. The van der Waals surface area contributed by atoms with Crippen molar-refractivity contribution in [2.24, 2.45) is 0 Å². The standard InChI is InChI=1S/C12H8F3N7O/c13-12(14,15)11(23)18-9-3-1-8(2-4-9)17-6-7(5-16)10-19-21-22-20-10/h1-4,6,17H,(H,18,23)(H,19,20,21,22). The normalized spacial score (nSPS) is 11.7. The van der Waals surface area contributed by atoms with E-state index in [2.05, 4.69) is 25.9 Å². The van der Waals surface area contributed by atoms with E-state index in [1.165, 1.54) is 30.5 Å². The van der Waals surface area contributed by atoms with Gasteiger partial charge in [0.25, 0.3) is 0 Å². The van der Waals surface area contributed by atoms with E-state index in [4.69, 9.17) is 5.26 Å². The molecule has 0 bridgehead atoms. The highest BCUT2D eigenvalue weighted by atomic mass is 19.4. The second-order valence-electron chi connectivity index (χ2n) is 4.08. The molecule has 1 aromatic carbocycles. The molecule has 8 nitrogen and oxygen atoms in total. The Balaban J connectivity index is 2.03. The fourth-order valence-corrected chi connectivity index (χ4v) is 1.43. The quantitative estimate of drug-likeness (QED) is 0.736. The van der Waals surface area contributed by atoms with Crippen molar-refractivity contribution in [3.63, 3.8) is 0 Å². The van der Waals surface area contributed by atoms with Crippen LogP contribution in [0.2, 0.25) is 0 Å². The van der Waals surface area contributed by atoms with Crippen LogP contribution >= 0.6 is 0 Å². The number of hydrogen-bond acceptors (Lipinski definition) is 6. The summed E-state index contributed by atoms with van der Waals surface area (Å²) in [4.78, 5) is 10.8. The Hall–Kier alpha value is -3.42. The van der Waals surface area contributed by atoms with Crippen LogP contribution in [0.15, 0.2) is 30.5 Å². The lowest BCUT2D eigenvalue weighted by Crippen LogP contribution is -2.29. The van der Waals surface area contributed by atoms with Gasteiger partial charge in [-0.05, 0) is 29.5 Å². The molecule has 1 heterocycles. The first-order chi connectivity index (χ1) is 10.9.